The second-order valence-electron chi connectivity index (χ2n) is 7.96. The van der Waals surface area contributed by atoms with Crippen LogP contribution < -0.4 is 0 Å². The molecule has 148 valence electrons. The van der Waals surface area contributed by atoms with Gasteiger partial charge in [-0.25, -0.2) is 9.59 Å². The number of allylic oxidation sites excluding steroid dienone is 2. The summed E-state index contributed by atoms with van der Waals surface area (Å²) in [4.78, 5) is 26.8. The molecule has 1 heterocycles. The van der Waals surface area contributed by atoms with Gasteiger partial charge >= 0.3 is 12.1 Å². The standard InChI is InChI=1S/C22H31NO4/c1-5-6-8-13-18-14-19(23(15-18)21(25)27-22(2,3)4)20(24)26-16-17-11-9-7-10-12-17/h6-12,18-19H,5,13-16H2,1-4H3/b8-6+/t18-,19+/m1/s1. The van der Waals surface area contributed by atoms with E-state index in [4.69, 9.17) is 9.47 Å². The van der Waals surface area contributed by atoms with Gasteiger partial charge in [-0.05, 0) is 51.5 Å². The molecule has 2 rings (SSSR count). The van der Waals surface area contributed by atoms with E-state index < -0.39 is 17.7 Å². The summed E-state index contributed by atoms with van der Waals surface area (Å²) in [6, 6.07) is 8.95. The number of likely N-dealkylation sites (tertiary alicyclic amines) is 1. The zero-order chi connectivity index (χ0) is 19.9. The van der Waals surface area contributed by atoms with Crippen molar-refractivity contribution in [2.75, 3.05) is 6.54 Å². The lowest BCUT2D eigenvalue weighted by atomic mass is 10.0. The molecule has 0 aromatic heterocycles. The zero-order valence-corrected chi connectivity index (χ0v) is 16.8. The highest BCUT2D eigenvalue weighted by molar-refractivity contribution is 5.82. The maximum absolute atomic E-state index is 12.7. The average Bonchev–Trinajstić information content (AvgIpc) is 3.04. The Morgan fingerprint density at radius 2 is 1.89 bits per heavy atom. The van der Waals surface area contributed by atoms with E-state index in [9.17, 15) is 9.59 Å². The number of carbonyl (C=O) groups is 2. The Morgan fingerprint density at radius 1 is 1.19 bits per heavy atom. The normalized spacial score (nSPS) is 20.1. The zero-order valence-electron chi connectivity index (χ0n) is 16.8. The molecule has 0 bridgehead atoms. The van der Waals surface area contributed by atoms with Crippen LogP contribution in [0.1, 0.15) is 52.5 Å². The van der Waals surface area contributed by atoms with Gasteiger partial charge in [-0.2, -0.15) is 0 Å². The molecule has 1 saturated heterocycles. The first-order chi connectivity index (χ1) is 12.8. The van der Waals surface area contributed by atoms with Crippen molar-refractivity contribution in [2.24, 2.45) is 5.92 Å². The van der Waals surface area contributed by atoms with Crippen LogP contribution in [0.15, 0.2) is 42.5 Å². The van der Waals surface area contributed by atoms with E-state index >= 15 is 0 Å². The van der Waals surface area contributed by atoms with Crippen LogP contribution in [0.5, 0.6) is 0 Å². The van der Waals surface area contributed by atoms with Gasteiger partial charge in [-0.3, -0.25) is 4.90 Å². The molecule has 27 heavy (non-hydrogen) atoms. The summed E-state index contributed by atoms with van der Waals surface area (Å²) in [5.41, 5.74) is 0.325. The lowest BCUT2D eigenvalue weighted by Gasteiger charge is -2.27. The van der Waals surface area contributed by atoms with Crippen LogP contribution in [-0.4, -0.2) is 35.2 Å². The fourth-order valence-electron chi connectivity index (χ4n) is 3.12. The number of amides is 1. The number of esters is 1. The Kier molecular flexibility index (Phi) is 7.45. The van der Waals surface area contributed by atoms with Crippen LogP contribution >= 0.6 is 0 Å². The second kappa shape index (κ2) is 9.58. The van der Waals surface area contributed by atoms with E-state index in [0.29, 0.717) is 13.0 Å². The van der Waals surface area contributed by atoms with E-state index in [1.165, 1.54) is 4.90 Å². The summed E-state index contributed by atoms with van der Waals surface area (Å²) in [6.07, 6.45) is 6.20. The van der Waals surface area contributed by atoms with Gasteiger partial charge in [0.2, 0.25) is 0 Å². The SMILES string of the molecule is CC/C=C/C[C@@H]1C[C@@H](C(=O)OCc2ccccc2)N(C(=O)OC(C)(C)C)C1. The Bertz CT molecular complexity index is 648. The van der Waals surface area contributed by atoms with E-state index in [1.807, 2.05) is 51.1 Å². The molecule has 1 aromatic rings. The van der Waals surface area contributed by atoms with Crippen molar-refractivity contribution in [1.82, 2.24) is 4.90 Å². The fraction of sp³-hybridized carbons (Fsp3) is 0.545. The van der Waals surface area contributed by atoms with Crippen LogP contribution in [0.25, 0.3) is 0 Å². The molecule has 1 amide bonds. The monoisotopic (exact) mass is 373 g/mol. The van der Waals surface area contributed by atoms with Gasteiger partial charge in [0, 0.05) is 6.54 Å². The topological polar surface area (TPSA) is 55.8 Å². The summed E-state index contributed by atoms with van der Waals surface area (Å²) in [7, 11) is 0. The van der Waals surface area contributed by atoms with Gasteiger partial charge in [0.05, 0.1) is 0 Å². The minimum absolute atomic E-state index is 0.207. The molecule has 0 spiro atoms. The van der Waals surface area contributed by atoms with Gasteiger partial charge in [-0.1, -0.05) is 49.4 Å². The van der Waals surface area contributed by atoms with Crippen molar-refractivity contribution >= 4 is 12.1 Å². The van der Waals surface area contributed by atoms with Crippen LogP contribution in [0.4, 0.5) is 4.79 Å². The Morgan fingerprint density at radius 3 is 2.52 bits per heavy atom. The molecule has 1 aliphatic rings. The molecule has 5 nitrogen and oxygen atoms in total. The summed E-state index contributed by atoms with van der Waals surface area (Å²) in [5, 5.41) is 0. The van der Waals surface area contributed by atoms with Crippen molar-refractivity contribution < 1.29 is 19.1 Å². The van der Waals surface area contributed by atoms with Gasteiger partial charge in [0.1, 0.15) is 18.2 Å². The van der Waals surface area contributed by atoms with Crippen LogP contribution in [0, 0.1) is 5.92 Å². The lowest BCUT2D eigenvalue weighted by Crippen LogP contribution is -2.44. The van der Waals surface area contributed by atoms with Crippen molar-refractivity contribution in [1.29, 1.82) is 0 Å². The molecule has 0 N–H and O–H groups in total. The van der Waals surface area contributed by atoms with Crippen molar-refractivity contribution in [3.05, 3.63) is 48.0 Å². The molecule has 0 radical (unpaired) electrons. The predicted octanol–water partition coefficient (Wildman–Crippen LogP) is 4.71. The molecular weight excluding hydrogens is 342 g/mol. The lowest BCUT2D eigenvalue weighted by molar-refractivity contribution is -0.150. The summed E-state index contributed by atoms with van der Waals surface area (Å²) >= 11 is 0. The van der Waals surface area contributed by atoms with Gasteiger partial charge in [0.25, 0.3) is 0 Å². The first-order valence-electron chi connectivity index (χ1n) is 9.65. The van der Waals surface area contributed by atoms with Crippen LogP contribution in [-0.2, 0) is 20.9 Å². The summed E-state index contributed by atoms with van der Waals surface area (Å²) < 4.78 is 11.0. The number of ether oxygens (including phenoxy) is 2. The number of hydrogen-bond acceptors (Lipinski definition) is 4. The Hall–Kier alpha value is -2.30. The minimum atomic E-state index is -0.601. The Balaban J connectivity index is 2.04. The van der Waals surface area contributed by atoms with E-state index in [2.05, 4.69) is 19.1 Å². The molecular formula is C22H31NO4. The van der Waals surface area contributed by atoms with Crippen molar-refractivity contribution in [3.8, 4) is 0 Å². The highest BCUT2D eigenvalue weighted by atomic mass is 16.6. The molecule has 2 atom stereocenters. The largest absolute Gasteiger partial charge is 0.459 e. The third-order valence-electron chi connectivity index (χ3n) is 4.38. The fourth-order valence-corrected chi connectivity index (χ4v) is 3.12. The van der Waals surface area contributed by atoms with Gasteiger partial charge in [0.15, 0.2) is 0 Å². The molecule has 0 unspecified atom stereocenters. The number of benzene rings is 1. The summed E-state index contributed by atoms with van der Waals surface area (Å²) in [5.74, 6) is -0.138. The summed E-state index contributed by atoms with van der Waals surface area (Å²) in [6.45, 7) is 8.27. The first kappa shape index (κ1) is 21.0. The molecule has 0 aliphatic carbocycles. The van der Waals surface area contributed by atoms with Crippen molar-refractivity contribution in [3.63, 3.8) is 0 Å². The van der Waals surface area contributed by atoms with E-state index in [-0.39, 0.29) is 18.5 Å². The number of nitrogens with zero attached hydrogens (tertiary/aromatic N) is 1. The third kappa shape index (κ3) is 6.74. The maximum Gasteiger partial charge on any atom is 0.411 e. The van der Waals surface area contributed by atoms with E-state index in [1.54, 1.807) is 0 Å². The van der Waals surface area contributed by atoms with E-state index in [0.717, 1.165) is 18.4 Å². The molecule has 1 aliphatic heterocycles. The number of rotatable bonds is 6. The first-order valence-corrected chi connectivity index (χ1v) is 9.65. The quantitative estimate of drug-likeness (QED) is 0.535. The number of carbonyl (C=O) groups excluding carboxylic acids is 2. The maximum atomic E-state index is 12.7. The average molecular weight is 373 g/mol. The van der Waals surface area contributed by atoms with Crippen molar-refractivity contribution in [2.45, 2.75) is 65.2 Å². The molecule has 1 fully saturated rings. The number of hydrogen-bond donors (Lipinski definition) is 0. The molecule has 5 heteroatoms. The van der Waals surface area contributed by atoms with Gasteiger partial charge < -0.3 is 9.47 Å². The van der Waals surface area contributed by atoms with Gasteiger partial charge in [-0.15, -0.1) is 0 Å². The predicted molar refractivity (Wildman–Crippen MR) is 105 cm³/mol. The highest BCUT2D eigenvalue weighted by Crippen LogP contribution is 2.29. The third-order valence-corrected chi connectivity index (χ3v) is 4.38. The highest BCUT2D eigenvalue weighted by Gasteiger charge is 2.41. The minimum Gasteiger partial charge on any atom is -0.459 e. The second-order valence-corrected chi connectivity index (χ2v) is 7.96. The van der Waals surface area contributed by atoms with Crippen LogP contribution in [0.3, 0.4) is 0 Å². The molecule has 0 saturated carbocycles. The smallest absolute Gasteiger partial charge is 0.411 e. The molecule has 1 aromatic carbocycles. The van der Waals surface area contributed by atoms with Crippen LogP contribution in [0.2, 0.25) is 0 Å². The Labute approximate surface area is 162 Å².